The van der Waals surface area contributed by atoms with Crippen molar-refractivity contribution in [2.75, 3.05) is 19.6 Å². The van der Waals surface area contributed by atoms with Gasteiger partial charge in [-0.05, 0) is 12.1 Å². The second-order valence-corrected chi connectivity index (χ2v) is 5.88. The number of aromatic hydroxyl groups is 1. The van der Waals surface area contributed by atoms with Gasteiger partial charge in [0.25, 0.3) is 0 Å². The smallest absolute Gasteiger partial charge is 0.133 e. The average Bonchev–Trinajstić information content (AvgIpc) is 3.08. The molecule has 0 spiro atoms. The maximum absolute atomic E-state index is 9.81. The van der Waals surface area contributed by atoms with E-state index in [2.05, 4.69) is 35.3 Å². The monoisotopic (exact) mass is 295 g/mol. The van der Waals surface area contributed by atoms with Crippen molar-refractivity contribution in [3.8, 4) is 5.75 Å². The fourth-order valence-corrected chi connectivity index (χ4v) is 3.19. The Kier molecular flexibility index (Phi) is 4.86. The first-order chi connectivity index (χ1) is 10.8. The summed E-state index contributed by atoms with van der Waals surface area (Å²) in [6.07, 6.45) is 4.41. The number of benzene rings is 2. The molecule has 3 nitrogen and oxygen atoms in total. The van der Waals surface area contributed by atoms with Crippen LogP contribution in [0.4, 0.5) is 0 Å². The summed E-state index contributed by atoms with van der Waals surface area (Å²) in [6, 6.07) is 18.4. The highest BCUT2D eigenvalue weighted by atomic mass is 16.3. The second kappa shape index (κ2) is 7.23. The zero-order valence-electron chi connectivity index (χ0n) is 12.8. The molecule has 1 saturated heterocycles. The van der Waals surface area contributed by atoms with Crippen LogP contribution in [0, 0.1) is 0 Å². The lowest BCUT2D eigenvalue weighted by molar-refractivity contribution is -0.918. The van der Waals surface area contributed by atoms with Crippen molar-refractivity contribution in [2.45, 2.75) is 18.9 Å². The molecule has 0 saturated carbocycles. The van der Waals surface area contributed by atoms with E-state index in [4.69, 9.17) is 0 Å². The summed E-state index contributed by atoms with van der Waals surface area (Å²) in [5.41, 5.74) is 2.14. The molecule has 1 fully saturated rings. The molecule has 114 valence electrons. The molecule has 1 heterocycles. The molecule has 1 aliphatic rings. The van der Waals surface area contributed by atoms with E-state index in [1.54, 1.807) is 17.2 Å². The van der Waals surface area contributed by atoms with E-state index in [-0.39, 0.29) is 5.75 Å². The molecule has 2 aromatic rings. The standard InChI is InChI=1S/C19H22N2O/c22-19-11-5-4-10-17(19)14-20-15-18(21-12-6-7-13-21)16-8-2-1-3-9-16/h1-5,8-11,14,18,22H,6-7,12-13,15H2/p+1/t18-/m0/s1. The highest BCUT2D eigenvalue weighted by Gasteiger charge is 2.26. The number of hydrogen-bond donors (Lipinski definition) is 2. The first kappa shape index (κ1) is 14.8. The molecule has 1 atom stereocenters. The number of likely N-dealkylation sites (tertiary alicyclic amines) is 1. The fraction of sp³-hybridized carbons (Fsp3) is 0.316. The molecule has 2 aromatic carbocycles. The highest BCUT2D eigenvalue weighted by molar-refractivity contribution is 5.83. The van der Waals surface area contributed by atoms with Crippen molar-refractivity contribution in [1.82, 2.24) is 0 Å². The number of hydrogen-bond acceptors (Lipinski definition) is 2. The molecule has 0 aliphatic carbocycles. The SMILES string of the molecule is Oc1ccccc1C=NC[C@@H](c1ccccc1)[NH+]1CCCC1. The molecule has 3 heteroatoms. The first-order valence-electron chi connectivity index (χ1n) is 8.02. The van der Waals surface area contributed by atoms with Crippen molar-refractivity contribution >= 4 is 6.21 Å². The molecule has 3 rings (SSSR count). The van der Waals surface area contributed by atoms with Gasteiger partial charge in [-0.3, -0.25) is 4.99 Å². The van der Waals surface area contributed by atoms with Crippen LogP contribution < -0.4 is 4.90 Å². The quantitative estimate of drug-likeness (QED) is 0.816. The van der Waals surface area contributed by atoms with Gasteiger partial charge in [-0.25, -0.2) is 0 Å². The van der Waals surface area contributed by atoms with Crippen molar-refractivity contribution in [3.05, 3.63) is 65.7 Å². The summed E-state index contributed by atoms with van der Waals surface area (Å²) < 4.78 is 0. The molecular formula is C19H23N2O+. The van der Waals surface area contributed by atoms with Crippen LogP contribution in [0.1, 0.15) is 30.0 Å². The Bertz CT molecular complexity index is 618. The van der Waals surface area contributed by atoms with E-state index in [1.165, 1.54) is 31.5 Å². The Balaban J connectivity index is 1.74. The number of phenols is 1. The third-order valence-electron chi connectivity index (χ3n) is 4.40. The van der Waals surface area contributed by atoms with Gasteiger partial charge in [0.15, 0.2) is 0 Å². The Morgan fingerprint density at radius 1 is 1.00 bits per heavy atom. The normalized spacial score (nSPS) is 17.1. The number of phenolic OH excluding ortho intramolecular Hbond substituents is 1. The molecule has 0 aromatic heterocycles. The molecule has 1 aliphatic heterocycles. The van der Waals surface area contributed by atoms with E-state index in [9.17, 15) is 5.11 Å². The maximum Gasteiger partial charge on any atom is 0.133 e. The van der Waals surface area contributed by atoms with Crippen LogP contribution in [0.25, 0.3) is 0 Å². The van der Waals surface area contributed by atoms with Crippen LogP contribution in [0.2, 0.25) is 0 Å². The van der Waals surface area contributed by atoms with Gasteiger partial charge in [0.1, 0.15) is 11.8 Å². The summed E-state index contributed by atoms with van der Waals surface area (Å²) in [7, 11) is 0. The second-order valence-electron chi connectivity index (χ2n) is 5.88. The molecule has 0 bridgehead atoms. The summed E-state index contributed by atoms with van der Waals surface area (Å²) >= 11 is 0. The molecular weight excluding hydrogens is 272 g/mol. The predicted octanol–water partition coefficient (Wildman–Crippen LogP) is 2.23. The van der Waals surface area contributed by atoms with Crippen LogP contribution in [-0.4, -0.2) is 31.0 Å². The number of quaternary nitrogens is 1. The number of para-hydroxylation sites is 1. The fourth-order valence-electron chi connectivity index (χ4n) is 3.19. The Morgan fingerprint density at radius 2 is 1.68 bits per heavy atom. The van der Waals surface area contributed by atoms with E-state index in [0.717, 1.165) is 12.1 Å². The molecule has 0 amide bonds. The van der Waals surface area contributed by atoms with Crippen molar-refractivity contribution in [3.63, 3.8) is 0 Å². The topological polar surface area (TPSA) is 37.0 Å². The van der Waals surface area contributed by atoms with Gasteiger partial charge in [0, 0.05) is 30.2 Å². The number of aliphatic imine (C=N–C) groups is 1. The molecule has 0 radical (unpaired) electrons. The highest BCUT2D eigenvalue weighted by Crippen LogP contribution is 2.14. The largest absolute Gasteiger partial charge is 0.507 e. The van der Waals surface area contributed by atoms with Gasteiger partial charge in [-0.2, -0.15) is 0 Å². The molecule has 22 heavy (non-hydrogen) atoms. The minimum absolute atomic E-state index is 0.288. The van der Waals surface area contributed by atoms with Gasteiger partial charge in [-0.15, -0.1) is 0 Å². The summed E-state index contributed by atoms with van der Waals surface area (Å²) in [5, 5.41) is 9.81. The molecule has 0 unspecified atom stereocenters. The lowest BCUT2D eigenvalue weighted by Gasteiger charge is -2.23. The minimum Gasteiger partial charge on any atom is -0.507 e. The van der Waals surface area contributed by atoms with Gasteiger partial charge in [0.05, 0.1) is 19.6 Å². The van der Waals surface area contributed by atoms with Crippen molar-refractivity contribution < 1.29 is 10.0 Å². The third-order valence-corrected chi connectivity index (χ3v) is 4.40. The summed E-state index contributed by atoms with van der Waals surface area (Å²) in [6.45, 7) is 3.21. The lowest BCUT2D eigenvalue weighted by atomic mass is 10.1. The Hall–Kier alpha value is -2.13. The minimum atomic E-state index is 0.288. The van der Waals surface area contributed by atoms with E-state index in [1.807, 2.05) is 18.2 Å². The Labute approximate surface area is 131 Å². The van der Waals surface area contributed by atoms with Crippen LogP contribution in [0.15, 0.2) is 59.6 Å². The van der Waals surface area contributed by atoms with Crippen molar-refractivity contribution in [2.24, 2.45) is 4.99 Å². The average molecular weight is 295 g/mol. The van der Waals surface area contributed by atoms with E-state index >= 15 is 0 Å². The van der Waals surface area contributed by atoms with Crippen molar-refractivity contribution in [1.29, 1.82) is 0 Å². The summed E-state index contributed by atoms with van der Waals surface area (Å²) in [4.78, 5) is 6.24. The van der Waals surface area contributed by atoms with E-state index in [0.29, 0.717) is 6.04 Å². The van der Waals surface area contributed by atoms with Gasteiger partial charge < -0.3 is 10.0 Å². The van der Waals surface area contributed by atoms with Gasteiger partial charge in [-0.1, -0.05) is 42.5 Å². The van der Waals surface area contributed by atoms with Crippen LogP contribution >= 0.6 is 0 Å². The van der Waals surface area contributed by atoms with Gasteiger partial charge >= 0.3 is 0 Å². The predicted molar refractivity (Wildman–Crippen MR) is 89.7 cm³/mol. The molecule has 2 N–H and O–H groups in total. The van der Waals surface area contributed by atoms with Crippen LogP contribution in [-0.2, 0) is 0 Å². The Morgan fingerprint density at radius 3 is 2.41 bits per heavy atom. The lowest BCUT2D eigenvalue weighted by Crippen LogP contribution is -3.10. The van der Waals surface area contributed by atoms with Crippen LogP contribution in [0.3, 0.4) is 0 Å². The number of rotatable bonds is 5. The zero-order chi connectivity index (χ0) is 15.2. The number of nitrogens with one attached hydrogen (secondary N) is 1. The number of nitrogens with zero attached hydrogens (tertiary/aromatic N) is 1. The first-order valence-corrected chi connectivity index (χ1v) is 8.02. The van der Waals surface area contributed by atoms with Gasteiger partial charge in [0.2, 0.25) is 0 Å². The summed E-state index contributed by atoms with van der Waals surface area (Å²) in [5.74, 6) is 0.288. The van der Waals surface area contributed by atoms with E-state index < -0.39 is 0 Å². The maximum atomic E-state index is 9.81. The van der Waals surface area contributed by atoms with Crippen LogP contribution in [0.5, 0.6) is 5.75 Å². The zero-order valence-corrected chi connectivity index (χ0v) is 12.8. The third kappa shape index (κ3) is 3.55.